The first-order valence-electron chi connectivity index (χ1n) is 25.9. The number of carbonyl (C=O) groups is 2. The summed E-state index contributed by atoms with van der Waals surface area (Å²) in [6, 6.07) is -0.637. The van der Waals surface area contributed by atoms with Gasteiger partial charge in [-0.15, -0.1) is 0 Å². The third-order valence-corrected chi connectivity index (χ3v) is 11.6. The van der Waals surface area contributed by atoms with Crippen molar-refractivity contribution in [3.05, 3.63) is 48.6 Å². The molecule has 1 amide bonds. The van der Waals surface area contributed by atoms with Crippen LogP contribution in [0.1, 0.15) is 258 Å². The summed E-state index contributed by atoms with van der Waals surface area (Å²) in [5.41, 5.74) is 0. The summed E-state index contributed by atoms with van der Waals surface area (Å²) in [5.74, 6) is -0.0995. The molecule has 60 heavy (non-hydrogen) atoms. The molecule has 0 fully saturated rings. The Morgan fingerprint density at radius 2 is 0.833 bits per heavy atom. The number of carbonyl (C=O) groups excluding carboxylic acids is 2. The molecule has 350 valence electrons. The number of amides is 1. The summed E-state index contributed by atoms with van der Waals surface area (Å²) >= 11 is 0. The van der Waals surface area contributed by atoms with Crippen LogP contribution in [0.4, 0.5) is 0 Å². The first-order chi connectivity index (χ1) is 29.5. The van der Waals surface area contributed by atoms with Crippen LogP contribution >= 0.6 is 0 Å². The molecular weight excluding hydrogens is 743 g/mol. The number of aliphatic hydroxyl groups is 2. The highest BCUT2D eigenvalue weighted by atomic mass is 16.5. The van der Waals surface area contributed by atoms with E-state index in [-0.39, 0.29) is 18.5 Å². The predicted octanol–water partition coefficient (Wildman–Crippen LogP) is 15.5. The lowest BCUT2D eigenvalue weighted by Gasteiger charge is -2.20. The molecule has 0 saturated heterocycles. The molecule has 0 aliphatic rings. The average Bonchev–Trinajstić information content (AvgIpc) is 3.25. The average molecular weight is 842 g/mol. The Morgan fingerprint density at radius 1 is 0.467 bits per heavy atom. The van der Waals surface area contributed by atoms with Crippen LogP contribution in [-0.2, 0) is 14.3 Å². The van der Waals surface area contributed by atoms with Gasteiger partial charge >= 0.3 is 5.97 Å². The van der Waals surface area contributed by atoms with Gasteiger partial charge in [0.1, 0.15) is 0 Å². The molecule has 0 spiro atoms. The minimum absolute atomic E-state index is 0.0126. The van der Waals surface area contributed by atoms with Crippen LogP contribution in [-0.4, -0.2) is 47.4 Å². The van der Waals surface area contributed by atoms with Crippen molar-refractivity contribution in [2.45, 2.75) is 270 Å². The molecule has 0 aliphatic heterocycles. The molecule has 0 aliphatic carbocycles. The number of rotatable bonds is 47. The highest BCUT2D eigenvalue weighted by molar-refractivity contribution is 5.76. The number of ether oxygens (including phenoxy) is 1. The molecule has 2 unspecified atom stereocenters. The molecule has 2 atom stereocenters. The van der Waals surface area contributed by atoms with Crippen molar-refractivity contribution >= 4 is 11.9 Å². The molecule has 0 heterocycles. The van der Waals surface area contributed by atoms with E-state index in [0.717, 1.165) is 70.6 Å². The smallest absolute Gasteiger partial charge is 0.305 e. The third kappa shape index (κ3) is 45.3. The summed E-state index contributed by atoms with van der Waals surface area (Å²) < 4.78 is 5.46. The quantitative estimate of drug-likeness (QED) is 0.0322. The van der Waals surface area contributed by atoms with Crippen LogP contribution in [0.3, 0.4) is 0 Å². The normalized spacial score (nSPS) is 13.1. The standard InChI is InChI=1S/C54H99NO5/c1-3-5-7-9-11-13-14-15-16-22-25-28-32-36-40-44-48-54(59)60-49-45-41-37-33-29-26-23-20-18-17-19-21-24-27-31-35-39-43-47-53(58)55-51(50-56)52(57)46-42-38-34-30-12-10-8-6-4-2/h13-14,16,19,21-22,42,46,51-52,56-57H,3-12,15,17-18,20,23-41,43-45,47-50H2,1-2H3,(H,55,58)/b14-13-,21-19-,22-16-,46-42+. The van der Waals surface area contributed by atoms with Gasteiger partial charge in [-0.3, -0.25) is 9.59 Å². The summed E-state index contributed by atoms with van der Waals surface area (Å²) in [6.07, 6.45) is 61.2. The van der Waals surface area contributed by atoms with E-state index in [0.29, 0.717) is 19.4 Å². The van der Waals surface area contributed by atoms with E-state index in [9.17, 15) is 19.8 Å². The lowest BCUT2D eigenvalue weighted by Crippen LogP contribution is -2.45. The topological polar surface area (TPSA) is 95.9 Å². The number of allylic oxidation sites excluding steroid dienone is 7. The fourth-order valence-corrected chi connectivity index (χ4v) is 7.54. The van der Waals surface area contributed by atoms with E-state index in [1.807, 2.05) is 6.08 Å². The highest BCUT2D eigenvalue weighted by Crippen LogP contribution is 2.14. The molecule has 6 heteroatoms. The Balaban J connectivity index is 3.46. The third-order valence-electron chi connectivity index (χ3n) is 11.6. The number of nitrogens with one attached hydrogen (secondary N) is 1. The van der Waals surface area contributed by atoms with Crippen LogP contribution in [0.2, 0.25) is 0 Å². The SMILES string of the molecule is CCCCCC/C=C\C/C=C\CCCCCCCC(=O)OCCCCCCCCCCC/C=C\CCCCCCCC(=O)NC(CO)C(O)/C=C/CCCCCCCCC. The number of unbranched alkanes of at least 4 members (excludes halogenated alkanes) is 30. The van der Waals surface area contributed by atoms with Gasteiger partial charge in [0, 0.05) is 12.8 Å². The van der Waals surface area contributed by atoms with Crippen molar-refractivity contribution in [3.8, 4) is 0 Å². The maximum atomic E-state index is 12.4. The van der Waals surface area contributed by atoms with Crippen LogP contribution in [0.15, 0.2) is 48.6 Å². The summed E-state index contributed by atoms with van der Waals surface area (Å²) in [6.45, 7) is 4.82. The predicted molar refractivity (Wildman–Crippen MR) is 259 cm³/mol. The minimum atomic E-state index is -0.851. The van der Waals surface area contributed by atoms with Gasteiger partial charge in [0.2, 0.25) is 5.91 Å². The van der Waals surface area contributed by atoms with Gasteiger partial charge in [0.15, 0.2) is 0 Å². The van der Waals surface area contributed by atoms with Crippen molar-refractivity contribution in [1.82, 2.24) is 5.32 Å². The molecular formula is C54H99NO5. The van der Waals surface area contributed by atoms with E-state index in [2.05, 4.69) is 55.6 Å². The number of esters is 1. The highest BCUT2D eigenvalue weighted by Gasteiger charge is 2.18. The minimum Gasteiger partial charge on any atom is -0.466 e. The second-order valence-corrected chi connectivity index (χ2v) is 17.5. The van der Waals surface area contributed by atoms with Gasteiger partial charge in [-0.2, -0.15) is 0 Å². The van der Waals surface area contributed by atoms with Crippen LogP contribution in [0, 0.1) is 0 Å². The van der Waals surface area contributed by atoms with E-state index >= 15 is 0 Å². The molecule has 0 aromatic rings. The zero-order valence-electron chi connectivity index (χ0n) is 39.7. The Kier molecular flexibility index (Phi) is 47.7. The molecule has 0 aromatic carbocycles. The van der Waals surface area contributed by atoms with Gasteiger partial charge in [0.25, 0.3) is 0 Å². The lowest BCUT2D eigenvalue weighted by molar-refractivity contribution is -0.143. The molecule has 0 rings (SSSR count). The van der Waals surface area contributed by atoms with Gasteiger partial charge in [0.05, 0.1) is 25.4 Å². The maximum Gasteiger partial charge on any atom is 0.305 e. The first-order valence-corrected chi connectivity index (χ1v) is 25.9. The molecule has 6 nitrogen and oxygen atoms in total. The molecule has 3 N–H and O–H groups in total. The monoisotopic (exact) mass is 842 g/mol. The van der Waals surface area contributed by atoms with Crippen molar-refractivity contribution in [2.24, 2.45) is 0 Å². The molecule has 0 radical (unpaired) electrons. The Labute approximate surface area is 372 Å². The van der Waals surface area contributed by atoms with Gasteiger partial charge in [-0.25, -0.2) is 0 Å². The van der Waals surface area contributed by atoms with Crippen LogP contribution < -0.4 is 5.32 Å². The molecule has 0 aromatic heterocycles. The number of aliphatic hydroxyl groups excluding tert-OH is 2. The summed E-state index contributed by atoms with van der Waals surface area (Å²) in [7, 11) is 0. The van der Waals surface area contributed by atoms with Crippen LogP contribution in [0.25, 0.3) is 0 Å². The zero-order chi connectivity index (χ0) is 43.7. The Hall–Kier alpha value is -2.18. The summed E-state index contributed by atoms with van der Waals surface area (Å²) in [5, 5.41) is 22.9. The van der Waals surface area contributed by atoms with E-state index in [1.165, 1.54) is 161 Å². The zero-order valence-corrected chi connectivity index (χ0v) is 39.7. The number of hydrogen-bond acceptors (Lipinski definition) is 5. The fraction of sp³-hybridized carbons (Fsp3) is 0.815. The van der Waals surface area contributed by atoms with Crippen molar-refractivity contribution in [1.29, 1.82) is 0 Å². The van der Waals surface area contributed by atoms with Gasteiger partial charge < -0.3 is 20.3 Å². The van der Waals surface area contributed by atoms with Crippen LogP contribution in [0.5, 0.6) is 0 Å². The first kappa shape index (κ1) is 57.8. The van der Waals surface area contributed by atoms with Crippen molar-refractivity contribution < 1.29 is 24.5 Å². The van der Waals surface area contributed by atoms with Gasteiger partial charge in [-0.05, 0) is 89.9 Å². The van der Waals surface area contributed by atoms with E-state index < -0.39 is 12.1 Å². The maximum absolute atomic E-state index is 12.4. The molecule has 0 saturated carbocycles. The van der Waals surface area contributed by atoms with E-state index in [1.54, 1.807) is 6.08 Å². The Bertz CT molecular complexity index is 1020. The number of hydrogen-bond donors (Lipinski definition) is 3. The lowest BCUT2D eigenvalue weighted by atomic mass is 10.1. The Morgan fingerprint density at radius 3 is 1.30 bits per heavy atom. The molecule has 0 bridgehead atoms. The van der Waals surface area contributed by atoms with E-state index in [4.69, 9.17) is 4.74 Å². The van der Waals surface area contributed by atoms with Crippen molar-refractivity contribution in [2.75, 3.05) is 13.2 Å². The largest absolute Gasteiger partial charge is 0.466 e. The second-order valence-electron chi connectivity index (χ2n) is 17.5. The van der Waals surface area contributed by atoms with Crippen molar-refractivity contribution in [3.63, 3.8) is 0 Å². The second kappa shape index (κ2) is 49.5. The summed E-state index contributed by atoms with van der Waals surface area (Å²) in [4.78, 5) is 24.4. The van der Waals surface area contributed by atoms with Gasteiger partial charge in [-0.1, -0.05) is 204 Å². The fourth-order valence-electron chi connectivity index (χ4n) is 7.54.